The van der Waals surface area contributed by atoms with Gasteiger partial charge in [-0.25, -0.2) is 4.79 Å². The average molecular weight is 367 g/mol. The lowest BCUT2D eigenvalue weighted by Gasteiger charge is -2.35. The van der Waals surface area contributed by atoms with Gasteiger partial charge in [-0.15, -0.1) is 11.8 Å². The van der Waals surface area contributed by atoms with Gasteiger partial charge in [-0.1, -0.05) is 42.1 Å². The van der Waals surface area contributed by atoms with Gasteiger partial charge < -0.3 is 10.0 Å². The fraction of sp³-hybridized carbons (Fsp3) is 0.471. The van der Waals surface area contributed by atoms with Gasteiger partial charge in [0.25, 0.3) is 0 Å². The molecule has 1 amide bonds. The highest BCUT2D eigenvalue weighted by molar-refractivity contribution is 8.13. The lowest BCUT2D eigenvalue weighted by Crippen LogP contribution is -2.50. The molecule has 0 bridgehead atoms. The van der Waals surface area contributed by atoms with Gasteiger partial charge in [0, 0.05) is 12.7 Å². The summed E-state index contributed by atoms with van der Waals surface area (Å²) in [5, 5.41) is 9.35. The second-order valence-corrected chi connectivity index (χ2v) is 7.95. The number of nitrogens with zero attached hydrogens (tertiary/aromatic N) is 1. The first-order chi connectivity index (χ1) is 11.5. The lowest BCUT2D eigenvalue weighted by atomic mass is 9.98. The van der Waals surface area contributed by atoms with Gasteiger partial charge in [0.15, 0.2) is 5.12 Å². The Kier molecular flexibility index (Phi) is 7.17. The zero-order valence-corrected chi connectivity index (χ0v) is 15.1. The maximum absolute atomic E-state index is 13.0. The van der Waals surface area contributed by atoms with E-state index in [2.05, 4.69) is 0 Å². The summed E-state index contributed by atoms with van der Waals surface area (Å²) in [6, 6.07) is 8.85. The Hall–Kier alpha value is -1.47. The van der Waals surface area contributed by atoms with E-state index < -0.39 is 17.9 Å². The zero-order chi connectivity index (χ0) is 17.5. The molecule has 1 saturated heterocycles. The highest BCUT2D eigenvalue weighted by Crippen LogP contribution is 2.25. The van der Waals surface area contributed by atoms with E-state index in [-0.39, 0.29) is 11.0 Å². The molecule has 1 fully saturated rings. The van der Waals surface area contributed by atoms with Crippen molar-refractivity contribution < 1.29 is 19.5 Å². The van der Waals surface area contributed by atoms with E-state index in [1.807, 2.05) is 30.3 Å². The number of carbonyl (C=O) groups is 3. The molecule has 1 N–H and O–H groups in total. The molecule has 5 nitrogen and oxygen atoms in total. The van der Waals surface area contributed by atoms with E-state index in [0.29, 0.717) is 24.5 Å². The van der Waals surface area contributed by atoms with E-state index >= 15 is 0 Å². The van der Waals surface area contributed by atoms with Crippen molar-refractivity contribution in [3.8, 4) is 0 Å². The van der Waals surface area contributed by atoms with Gasteiger partial charge in [-0.2, -0.15) is 0 Å². The van der Waals surface area contributed by atoms with Crippen LogP contribution in [0.4, 0.5) is 0 Å². The van der Waals surface area contributed by atoms with Crippen molar-refractivity contribution in [1.82, 2.24) is 4.90 Å². The minimum atomic E-state index is -0.957. The predicted molar refractivity (Wildman–Crippen MR) is 97.0 cm³/mol. The molecule has 2 unspecified atom stereocenters. The Morgan fingerprint density at radius 1 is 1.33 bits per heavy atom. The Morgan fingerprint density at radius 2 is 2.04 bits per heavy atom. The second-order valence-electron chi connectivity index (χ2n) is 5.68. The summed E-state index contributed by atoms with van der Waals surface area (Å²) in [5.74, 6) is -0.0234. The summed E-state index contributed by atoms with van der Waals surface area (Å²) >= 11 is 2.69. The normalized spacial score (nSPS) is 18.9. The first-order valence-corrected chi connectivity index (χ1v) is 9.91. The zero-order valence-electron chi connectivity index (χ0n) is 13.5. The fourth-order valence-corrected chi connectivity index (χ4v) is 4.37. The molecule has 0 radical (unpaired) electrons. The smallest absolute Gasteiger partial charge is 0.326 e. The minimum absolute atomic E-state index is 0.0383. The Bertz CT molecular complexity index is 594. The van der Waals surface area contributed by atoms with Crippen LogP contribution in [0.25, 0.3) is 0 Å². The van der Waals surface area contributed by atoms with Crippen molar-refractivity contribution in [3.05, 3.63) is 35.9 Å². The third kappa shape index (κ3) is 5.27. The third-order valence-electron chi connectivity index (χ3n) is 3.87. The van der Waals surface area contributed by atoms with Crippen LogP contribution in [0, 0.1) is 5.92 Å². The Labute approximate surface area is 150 Å². The van der Waals surface area contributed by atoms with Crippen LogP contribution < -0.4 is 0 Å². The summed E-state index contributed by atoms with van der Waals surface area (Å²) < 4.78 is 0. The van der Waals surface area contributed by atoms with Crippen molar-refractivity contribution in [2.75, 3.05) is 17.4 Å². The lowest BCUT2D eigenvalue weighted by molar-refractivity contribution is -0.151. The van der Waals surface area contributed by atoms with E-state index in [1.54, 1.807) is 11.8 Å². The fourth-order valence-electron chi connectivity index (χ4n) is 2.65. The third-order valence-corrected chi connectivity index (χ3v) is 5.83. The number of rotatable bonds is 6. The van der Waals surface area contributed by atoms with Crippen LogP contribution in [-0.2, 0) is 20.8 Å². The molecule has 1 aliphatic heterocycles. The molecular weight excluding hydrogens is 346 g/mol. The highest BCUT2D eigenvalue weighted by Gasteiger charge is 2.35. The summed E-state index contributed by atoms with van der Waals surface area (Å²) in [5.41, 5.74) is 1.01. The van der Waals surface area contributed by atoms with E-state index in [9.17, 15) is 19.5 Å². The Balaban J connectivity index is 2.15. The quantitative estimate of drug-likeness (QED) is 0.833. The molecule has 0 saturated carbocycles. The van der Waals surface area contributed by atoms with Gasteiger partial charge in [-0.3, -0.25) is 9.59 Å². The average Bonchev–Trinajstić information content (AvgIpc) is 2.58. The maximum Gasteiger partial charge on any atom is 0.326 e. The minimum Gasteiger partial charge on any atom is -0.480 e. The van der Waals surface area contributed by atoms with Crippen molar-refractivity contribution in [2.24, 2.45) is 5.92 Å². The van der Waals surface area contributed by atoms with E-state index in [0.717, 1.165) is 23.1 Å². The topological polar surface area (TPSA) is 74.7 Å². The SMILES string of the molecule is CC(=O)SCC(Cc1ccccc1)C(=O)N1CSCCC1C(=O)O. The molecule has 0 aliphatic carbocycles. The van der Waals surface area contributed by atoms with Gasteiger partial charge in [0.05, 0.1) is 11.8 Å². The number of hydrogen-bond donors (Lipinski definition) is 1. The summed E-state index contributed by atoms with van der Waals surface area (Å²) in [7, 11) is 0. The van der Waals surface area contributed by atoms with Gasteiger partial charge in [0.2, 0.25) is 5.91 Å². The number of hydrogen-bond acceptors (Lipinski definition) is 5. The molecule has 1 heterocycles. The monoisotopic (exact) mass is 367 g/mol. The van der Waals surface area contributed by atoms with Crippen LogP contribution in [0.15, 0.2) is 30.3 Å². The van der Waals surface area contributed by atoms with Gasteiger partial charge in [0.1, 0.15) is 6.04 Å². The van der Waals surface area contributed by atoms with E-state index in [4.69, 9.17) is 0 Å². The van der Waals surface area contributed by atoms with Crippen LogP contribution in [-0.4, -0.2) is 50.4 Å². The largest absolute Gasteiger partial charge is 0.480 e. The predicted octanol–water partition coefficient (Wildman–Crippen LogP) is 2.50. The summed E-state index contributed by atoms with van der Waals surface area (Å²) in [6.45, 7) is 1.48. The molecule has 1 aromatic rings. The van der Waals surface area contributed by atoms with Crippen molar-refractivity contribution in [1.29, 1.82) is 0 Å². The molecule has 0 aromatic heterocycles. The number of carbonyl (C=O) groups excluding carboxylic acids is 2. The van der Waals surface area contributed by atoms with Crippen LogP contribution in [0.5, 0.6) is 0 Å². The van der Waals surface area contributed by atoms with Crippen molar-refractivity contribution >= 4 is 40.5 Å². The van der Waals surface area contributed by atoms with Crippen molar-refractivity contribution in [2.45, 2.75) is 25.8 Å². The molecule has 0 spiro atoms. The first-order valence-electron chi connectivity index (χ1n) is 7.77. The second kappa shape index (κ2) is 9.13. The van der Waals surface area contributed by atoms with E-state index in [1.165, 1.54) is 11.8 Å². The number of thioether (sulfide) groups is 2. The first kappa shape index (κ1) is 18.9. The van der Waals surface area contributed by atoms with Crippen molar-refractivity contribution in [3.63, 3.8) is 0 Å². The van der Waals surface area contributed by atoms with Crippen LogP contribution in [0.2, 0.25) is 0 Å². The summed E-state index contributed by atoms with van der Waals surface area (Å²) in [6.07, 6.45) is 0.969. The highest BCUT2D eigenvalue weighted by atomic mass is 32.2. The number of amides is 1. The van der Waals surface area contributed by atoms with Crippen LogP contribution in [0.1, 0.15) is 18.9 Å². The standard InChI is InChI=1S/C17H21NO4S2/c1-12(19)24-10-14(9-13-5-3-2-4-6-13)16(20)18-11-23-8-7-15(18)17(21)22/h2-6,14-15H,7-11H2,1H3,(H,21,22). The molecule has 24 heavy (non-hydrogen) atoms. The molecule has 2 atom stereocenters. The summed E-state index contributed by atoms with van der Waals surface area (Å²) in [4.78, 5) is 37.2. The number of carboxylic acid groups (broad SMARTS) is 1. The molecule has 130 valence electrons. The number of carboxylic acids is 1. The van der Waals surface area contributed by atoms with Crippen LogP contribution >= 0.6 is 23.5 Å². The Morgan fingerprint density at radius 3 is 2.67 bits per heavy atom. The molecule has 2 rings (SSSR count). The molecule has 1 aromatic carbocycles. The molecular formula is C17H21NO4S2. The maximum atomic E-state index is 13.0. The molecule has 7 heteroatoms. The number of benzene rings is 1. The van der Waals surface area contributed by atoms with Gasteiger partial charge in [-0.05, 0) is 24.2 Å². The molecule has 1 aliphatic rings. The van der Waals surface area contributed by atoms with Crippen LogP contribution in [0.3, 0.4) is 0 Å². The van der Waals surface area contributed by atoms with Gasteiger partial charge >= 0.3 is 5.97 Å². The number of aliphatic carboxylic acids is 1.